The lowest BCUT2D eigenvalue weighted by Crippen LogP contribution is -2.46. The number of amides is 1. The van der Waals surface area contributed by atoms with Gasteiger partial charge in [0.15, 0.2) is 11.8 Å². The van der Waals surface area contributed by atoms with Gasteiger partial charge in [0.1, 0.15) is 0 Å². The summed E-state index contributed by atoms with van der Waals surface area (Å²) < 4.78 is 7.23. The van der Waals surface area contributed by atoms with Crippen molar-refractivity contribution in [3.63, 3.8) is 0 Å². The van der Waals surface area contributed by atoms with E-state index >= 15 is 0 Å². The molecule has 27 heavy (non-hydrogen) atoms. The number of esters is 1. The quantitative estimate of drug-likeness (QED) is 0.808. The van der Waals surface area contributed by atoms with E-state index in [0.29, 0.717) is 16.6 Å². The van der Waals surface area contributed by atoms with Crippen LogP contribution >= 0.6 is 0 Å². The molecule has 7 heteroatoms. The maximum Gasteiger partial charge on any atom is 0.339 e. The lowest BCUT2D eigenvalue weighted by atomic mass is 10.1. The number of nitrogens with zero attached hydrogens (tertiary/aromatic N) is 3. The number of aromatic nitrogens is 3. The fraction of sp³-hybridized carbons (Fsp3) is 0.600. The van der Waals surface area contributed by atoms with Crippen LogP contribution in [0.25, 0.3) is 11.0 Å². The minimum absolute atomic E-state index is 0.109. The summed E-state index contributed by atoms with van der Waals surface area (Å²) in [6, 6.07) is 1.84. The van der Waals surface area contributed by atoms with Gasteiger partial charge in [0.05, 0.1) is 17.1 Å². The van der Waals surface area contributed by atoms with E-state index in [1.807, 2.05) is 48.5 Å². The van der Waals surface area contributed by atoms with Crippen molar-refractivity contribution in [3.8, 4) is 0 Å². The molecule has 0 fully saturated rings. The van der Waals surface area contributed by atoms with Crippen LogP contribution in [0.3, 0.4) is 0 Å². The number of nitrogens with one attached hydrogen (secondary N) is 1. The number of pyridine rings is 1. The van der Waals surface area contributed by atoms with Crippen LogP contribution in [0.4, 0.5) is 0 Å². The SMILES string of the molecule is CC(C)c1cc(C(=O)O[C@H](C)C(=O)NC(C)(C)C)c2cnn(C(C)C)c2n1. The Morgan fingerprint density at radius 3 is 2.30 bits per heavy atom. The van der Waals surface area contributed by atoms with E-state index in [4.69, 9.17) is 4.74 Å². The second kappa shape index (κ2) is 7.66. The van der Waals surface area contributed by atoms with Crippen LogP contribution in [-0.2, 0) is 9.53 Å². The van der Waals surface area contributed by atoms with E-state index in [9.17, 15) is 9.59 Å². The molecule has 0 saturated carbocycles. The molecule has 1 amide bonds. The molecule has 148 valence electrons. The summed E-state index contributed by atoms with van der Waals surface area (Å²) in [6.45, 7) is 15.2. The molecule has 0 saturated heterocycles. The molecule has 0 bridgehead atoms. The first kappa shape index (κ1) is 20.9. The zero-order valence-electron chi connectivity index (χ0n) is 17.5. The first-order chi connectivity index (χ1) is 12.4. The Morgan fingerprint density at radius 1 is 1.15 bits per heavy atom. The third-order valence-electron chi connectivity index (χ3n) is 4.04. The largest absolute Gasteiger partial charge is 0.449 e. The highest BCUT2D eigenvalue weighted by Gasteiger charge is 2.25. The van der Waals surface area contributed by atoms with Gasteiger partial charge >= 0.3 is 5.97 Å². The molecule has 7 nitrogen and oxygen atoms in total. The van der Waals surface area contributed by atoms with Gasteiger partial charge in [0, 0.05) is 17.3 Å². The van der Waals surface area contributed by atoms with Gasteiger partial charge in [-0.1, -0.05) is 13.8 Å². The average Bonchev–Trinajstić information content (AvgIpc) is 2.95. The molecule has 0 spiro atoms. The highest BCUT2D eigenvalue weighted by Crippen LogP contribution is 2.25. The van der Waals surface area contributed by atoms with Gasteiger partial charge in [-0.15, -0.1) is 0 Å². The van der Waals surface area contributed by atoms with E-state index in [2.05, 4.69) is 15.4 Å². The van der Waals surface area contributed by atoms with Crippen LogP contribution < -0.4 is 5.32 Å². The van der Waals surface area contributed by atoms with E-state index in [0.717, 1.165) is 5.69 Å². The van der Waals surface area contributed by atoms with Crippen LogP contribution in [-0.4, -0.2) is 38.3 Å². The smallest absolute Gasteiger partial charge is 0.339 e. The summed E-state index contributed by atoms with van der Waals surface area (Å²) in [4.78, 5) is 29.7. The molecule has 2 heterocycles. The predicted molar refractivity (Wildman–Crippen MR) is 105 cm³/mol. The molecule has 2 aromatic heterocycles. The van der Waals surface area contributed by atoms with Gasteiger partial charge in [0.25, 0.3) is 5.91 Å². The lowest BCUT2D eigenvalue weighted by Gasteiger charge is -2.23. The number of carbonyl (C=O) groups excluding carboxylic acids is 2. The molecule has 2 aromatic rings. The van der Waals surface area contributed by atoms with Crippen LogP contribution in [0.2, 0.25) is 0 Å². The van der Waals surface area contributed by atoms with Crippen molar-refractivity contribution in [2.45, 2.75) is 79.0 Å². The maximum absolute atomic E-state index is 12.8. The summed E-state index contributed by atoms with van der Waals surface area (Å²) in [7, 11) is 0. The summed E-state index contributed by atoms with van der Waals surface area (Å²) in [5.74, 6) is -0.745. The topological polar surface area (TPSA) is 86.1 Å². The summed E-state index contributed by atoms with van der Waals surface area (Å²) in [5, 5.41) is 7.81. The molecule has 2 rings (SSSR count). The van der Waals surface area contributed by atoms with Gasteiger partial charge < -0.3 is 10.1 Å². The molecule has 1 N–H and O–H groups in total. The molecule has 0 aliphatic rings. The zero-order chi connectivity index (χ0) is 20.5. The lowest BCUT2D eigenvalue weighted by molar-refractivity contribution is -0.130. The van der Waals surface area contributed by atoms with Crippen molar-refractivity contribution < 1.29 is 14.3 Å². The number of carbonyl (C=O) groups is 2. The van der Waals surface area contributed by atoms with Crippen molar-refractivity contribution >= 4 is 22.9 Å². The molecule has 0 unspecified atom stereocenters. The standard InChI is InChI=1S/C20H30N4O3/c1-11(2)16-9-14(15-10-21-24(12(3)4)17(15)22-16)19(26)27-13(5)18(25)23-20(6,7)8/h9-13H,1-8H3,(H,23,25)/t13-/m1/s1. The Hall–Kier alpha value is -2.44. The molecule has 0 radical (unpaired) electrons. The van der Waals surface area contributed by atoms with Crippen LogP contribution in [0.5, 0.6) is 0 Å². The third kappa shape index (κ3) is 4.84. The van der Waals surface area contributed by atoms with E-state index < -0.39 is 17.6 Å². The van der Waals surface area contributed by atoms with Crippen LogP contribution in [0, 0.1) is 0 Å². The van der Waals surface area contributed by atoms with Gasteiger partial charge in [-0.2, -0.15) is 5.10 Å². The van der Waals surface area contributed by atoms with E-state index in [1.54, 1.807) is 23.9 Å². The summed E-state index contributed by atoms with van der Waals surface area (Å²) >= 11 is 0. The molecular weight excluding hydrogens is 344 g/mol. The fourth-order valence-corrected chi connectivity index (χ4v) is 2.63. The maximum atomic E-state index is 12.8. The van der Waals surface area contributed by atoms with Crippen molar-refractivity contribution in [3.05, 3.63) is 23.5 Å². The van der Waals surface area contributed by atoms with E-state index in [-0.39, 0.29) is 17.9 Å². The molecular formula is C20H30N4O3. The molecule has 0 aromatic carbocycles. The normalized spacial score (nSPS) is 13.3. The predicted octanol–water partition coefficient (Wildman–Crippen LogP) is 3.60. The van der Waals surface area contributed by atoms with E-state index in [1.165, 1.54) is 0 Å². The van der Waals surface area contributed by atoms with Gasteiger partial charge in [-0.25, -0.2) is 14.5 Å². The fourth-order valence-electron chi connectivity index (χ4n) is 2.63. The van der Waals surface area contributed by atoms with Crippen molar-refractivity contribution in [1.82, 2.24) is 20.1 Å². The van der Waals surface area contributed by atoms with Crippen molar-refractivity contribution in [2.75, 3.05) is 0 Å². The molecule has 0 aliphatic carbocycles. The zero-order valence-corrected chi connectivity index (χ0v) is 17.5. The Bertz CT molecular complexity index is 847. The first-order valence-electron chi connectivity index (χ1n) is 9.32. The Labute approximate surface area is 160 Å². The van der Waals surface area contributed by atoms with Crippen molar-refractivity contribution in [1.29, 1.82) is 0 Å². The third-order valence-corrected chi connectivity index (χ3v) is 4.04. The minimum atomic E-state index is -0.900. The number of hydrogen-bond donors (Lipinski definition) is 1. The monoisotopic (exact) mass is 374 g/mol. The highest BCUT2D eigenvalue weighted by atomic mass is 16.5. The van der Waals surface area contributed by atoms with Crippen LogP contribution in [0.1, 0.15) is 83.4 Å². The van der Waals surface area contributed by atoms with Gasteiger partial charge in [0.2, 0.25) is 0 Å². The number of fused-ring (bicyclic) bond motifs is 1. The molecule has 1 atom stereocenters. The average molecular weight is 374 g/mol. The highest BCUT2D eigenvalue weighted by molar-refractivity contribution is 6.03. The number of rotatable bonds is 5. The summed E-state index contributed by atoms with van der Waals surface area (Å²) in [6.07, 6.45) is 0.728. The molecule has 0 aliphatic heterocycles. The van der Waals surface area contributed by atoms with Gasteiger partial charge in [-0.05, 0) is 53.5 Å². The number of ether oxygens (including phenoxy) is 1. The van der Waals surface area contributed by atoms with Gasteiger partial charge in [-0.3, -0.25) is 4.79 Å². The second-order valence-corrected chi connectivity index (χ2v) is 8.46. The van der Waals surface area contributed by atoms with Crippen LogP contribution in [0.15, 0.2) is 12.3 Å². The number of hydrogen-bond acceptors (Lipinski definition) is 5. The first-order valence-corrected chi connectivity index (χ1v) is 9.32. The Kier molecular flexibility index (Phi) is 5.92. The Morgan fingerprint density at radius 2 is 1.78 bits per heavy atom. The summed E-state index contributed by atoms with van der Waals surface area (Å²) in [5.41, 5.74) is 1.41. The second-order valence-electron chi connectivity index (χ2n) is 8.46. The minimum Gasteiger partial charge on any atom is -0.449 e. The van der Waals surface area contributed by atoms with Crippen molar-refractivity contribution in [2.24, 2.45) is 0 Å². The Balaban J connectivity index is 2.39.